The summed E-state index contributed by atoms with van der Waals surface area (Å²) in [6.07, 6.45) is 2.29. The van der Waals surface area contributed by atoms with Gasteiger partial charge in [0.25, 0.3) is 0 Å². The van der Waals surface area contributed by atoms with Gasteiger partial charge in [-0.25, -0.2) is 4.79 Å². The van der Waals surface area contributed by atoms with Gasteiger partial charge in [-0.3, -0.25) is 4.79 Å². The predicted octanol–water partition coefficient (Wildman–Crippen LogP) is 5.06. The van der Waals surface area contributed by atoms with Crippen LogP contribution in [0.25, 0.3) is 0 Å². The van der Waals surface area contributed by atoms with E-state index in [1.54, 1.807) is 6.08 Å². The Morgan fingerprint density at radius 1 is 1.20 bits per heavy atom. The van der Waals surface area contributed by atoms with Crippen molar-refractivity contribution in [3.05, 3.63) is 48.6 Å². The molecule has 0 radical (unpaired) electrons. The molecule has 0 saturated carbocycles. The van der Waals surface area contributed by atoms with E-state index < -0.39 is 17.7 Å². The Balaban J connectivity index is 3.12. The highest BCUT2D eigenvalue weighted by molar-refractivity contribution is 5.83. The number of hydrogen-bond donors (Lipinski definition) is 1. The average Bonchev–Trinajstić information content (AvgIpc) is 2.51. The first kappa shape index (κ1) is 20.9. The van der Waals surface area contributed by atoms with Crippen molar-refractivity contribution in [1.82, 2.24) is 5.32 Å². The van der Waals surface area contributed by atoms with E-state index in [0.29, 0.717) is 12.8 Å². The van der Waals surface area contributed by atoms with Gasteiger partial charge in [0.1, 0.15) is 11.4 Å². The standard InChI is InChI=1S/C21H31NO3/c1-7-8-14-17(23)18(15(2)3)19(16-12-10-9-11-13-16)22-20(24)25-21(4,5)6/h7,9-13,15,18-19H,1,8,14H2,2-6H3,(H,22,24)/t18-,19+/m0/s1. The van der Waals surface area contributed by atoms with Crippen molar-refractivity contribution >= 4 is 11.9 Å². The molecule has 1 N–H and O–H groups in total. The van der Waals surface area contributed by atoms with E-state index in [2.05, 4.69) is 11.9 Å². The van der Waals surface area contributed by atoms with Crippen LogP contribution in [0.4, 0.5) is 4.79 Å². The number of amides is 1. The molecule has 0 aliphatic heterocycles. The number of allylic oxidation sites excluding steroid dienone is 1. The van der Waals surface area contributed by atoms with E-state index >= 15 is 0 Å². The number of rotatable bonds is 8. The zero-order valence-corrected chi connectivity index (χ0v) is 16.0. The van der Waals surface area contributed by atoms with Crippen LogP contribution in [0.15, 0.2) is 43.0 Å². The summed E-state index contributed by atoms with van der Waals surface area (Å²) in [6, 6.07) is 9.16. The predicted molar refractivity (Wildman–Crippen MR) is 101 cm³/mol. The van der Waals surface area contributed by atoms with Crippen molar-refractivity contribution in [2.75, 3.05) is 0 Å². The van der Waals surface area contributed by atoms with Crippen molar-refractivity contribution < 1.29 is 14.3 Å². The quantitative estimate of drug-likeness (QED) is 0.670. The van der Waals surface area contributed by atoms with Crippen LogP contribution in [0.5, 0.6) is 0 Å². The molecule has 1 amide bonds. The fraction of sp³-hybridized carbons (Fsp3) is 0.524. The number of ether oxygens (including phenoxy) is 1. The Morgan fingerprint density at radius 3 is 2.28 bits per heavy atom. The van der Waals surface area contributed by atoms with Crippen LogP contribution in [0.3, 0.4) is 0 Å². The highest BCUT2D eigenvalue weighted by Crippen LogP contribution is 2.31. The molecule has 0 unspecified atom stereocenters. The average molecular weight is 345 g/mol. The lowest BCUT2D eigenvalue weighted by molar-refractivity contribution is -0.125. The smallest absolute Gasteiger partial charge is 0.408 e. The minimum atomic E-state index is -0.592. The Morgan fingerprint density at radius 2 is 1.80 bits per heavy atom. The summed E-state index contributed by atoms with van der Waals surface area (Å²) in [6.45, 7) is 13.1. The van der Waals surface area contributed by atoms with Crippen LogP contribution >= 0.6 is 0 Å². The molecular weight excluding hydrogens is 314 g/mol. The second-order valence-corrected chi connectivity index (χ2v) is 7.60. The van der Waals surface area contributed by atoms with Crippen LogP contribution in [0.2, 0.25) is 0 Å². The lowest BCUT2D eigenvalue weighted by Crippen LogP contribution is -2.41. The third-order valence-corrected chi connectivity index (χ3v) is 3.87. The van der Waals surface area contributed by atoms with E-state index in [-0.39, 0.29) is 17.6 Å². The van der Waals surface area contributed by atoms with Crippen LogP contribution in [0.1, 0.15) is 59.1 Å². The third kappa shape index (κ3) is 7.12. The maximum absolute atomic E-state index is 12.8. The highest BCUT2D eigenvalue weighted by Gasteiger charge is 2.33. The number of carbonyl (C=O) groups is 2. The minimum Gasteiger partial charge on any atom is -0.444 e. The first-order valence-corrected chi connectivity index (χ1v) is 8.83. The molecule has 0 aliphatic rings. The molecule has 2 atom stereocenters. The van der Waals surface area contributed by atoms with E-state index in [4.69, 9.17) is 4.74 Å². The second-order valence-electron chi connectivity index (χ2n) is 7.60. The first-order chi connectivity index (χ1) is 11.7. The number of benzene rings is 1. The largest absolute Gasteiger partial charge is 0.444 e. The monoisotopic (exact) mass is 345 g/mol. The van der Waals surface area contributed by atoms with Crippen molar-refractivity contribution in [3.63, 3.8) is 0 Å². The molecule has 0 saturated heterocycles. The minimum absolute atomic E-state index is 0.0810. The van der Waals surface area contributed by atoms with Crippen molar-refractivity contribution in [3.8, 4) is 0 Å². The fourth-order valence-corrected chi connectivity index (χ4v) is 2.83. The van der Waals surface area contributed by atoms with Gasteiger partial charge in [-0.1, -0.05) is 50.3 Å². The van der Waals surface area contributed by atoms with Crippen molar-refractivity contribution in [2.45, 2.75) is 59.1 Å². The Kier molecular flexibility index (Phi) is 7.88. The van der Waals surface area contributed by atoms with E-state index in [1.165, 1.54) is 0 Å². The summed E-state index contributed by atoms with van der Waals surface area (Å²) in [5.41, 5.74) is 0.310. The van der Waals surface area contributed by atoms with E-state index in [9.17, 15) is 9.59 Å². The van der Waals surface area contributed by atoms with Gasteiger partial charge < -0.3 is 10.1 Å². The molecule has 25 heavy (non-hydrogen) atoms. The zero-order valence-electron chi connectivity index (χ0n) is 16.0. The topological polar surface area (TPSA) is 55.4 Å². The van der Waals surface area contributed by atoms with Gasteiger partial charge in [0, 0.05) is 12.3 Å². The molecule has 4 nitrogen and oxygen atoms in total. The van der Waals surface area contributed by atoms with Gasteiger partial charge in [0.05, 0.1) is 6.04 Å². The molecule has 138 valence electrons. The molecule has 0 spiro atoms. The lowest BCUT2D eigenvalue weighted by atomic mass is 9.80. The molecule has 0 fully saturated rings. The third-order valence-electron chi connectivity index (χ3n) is 3.87. The number of nitrogens with one attached hydrogen (secondary N) is 1. The molecule has 4 heteroatoms. The van der Waals surface area contributed by atoms with Crippen LogP contribution < -0.4 is 5.32 Å². The van der Waals surface area contributed by atoms with Crippen molar-refractivity contribution in [1.29, 1.82) is 0 Å². The van der Waals surface area contributed by atoms with Gasteiger partial charge in [-0.2, -0.15) is 0 Å². The van der Waals surface area contributed by atoms with Crippen molar-refractivity contribution in [2.24, 2.45) is 11.8 Å². The van der Waals surface area contributed by atoms with Gasteiger partial charge in [-0.15, -0.1) is 6.58 Å². The Labute approximate surface area is 151 Å². The number of Topliss-reactive ketones (excluding diaryl/α,β-unsaturated/α-hetero) is 1. The number of ketones is 1. The van der Waals surface area contributed by atoms with Crippen LogP contribution in [-0.4, -0.2) is 17.5 Å². The van der Waals surface area contributed by atoms with E-state index in [0.717, 1.165) is 5.56 Å². The molecule has 0 heterocycles. The molecule has 1 aromatic carbocycles. The van der Waals surface area contributed by atoms with Gasteiger partial charge >= 0.3 is 6.09 Å². The summed E-state index contributed by atoms with van der Waals surface area (Å²) < 4.78 is 5.40. The highest BCUT2D eigenvalue weighted by atomic mass is 16.6. The maximum atomic E-state index is 12.8. The molecule has 1 aromatic rings. The zero-order chi connectivity index (χ0) is 19.0. The summed E-state index contributed by atoms with van der Waals surface area (Å²) >= 11 is 0. The lowest BCUT2D eigenvalue weighted by Gasteiger charge is -2.31. The molecule has 0 aliphatic carbocycles. The maximum Gasteiger partial charge on any atom is 0.408 e. The van der Waals surface area contributed by atoms with Crippen LogP contribution in [-0.2, 0) is 9.53 Å². The second kappa shape index (κ2) is 9.40. The summed E-state index contributed by atoms with van der Waals surface area (Å²) in [5, 5.41) is 2.92. The SMILES string of the molecule is C=CCCC(=O)[C@H](C(C)C)[C@H](NC(=O)OC(C)(C)C)c1ccccc1. The van der Waals surface area contributed by atoms with Gasteiger partial charge in [0.2, 0.25) is 0 Å². The number of hydrogen-bond acceptors (Lipinski definition) is 3. The Bertz CT molecular complexity index is 573. The summed E-state index contributed by atoms with van der Waals surface area (Å²) in [7, 11) is 0. The molecule has 0 aromatic heterocycles. The number of alkyl carbamates (subject to hydrolysis) is 1. The summed E-state index contributed by atoms with van der Waals surface area (Å²) in [5.74, 6) is -0.118. The first-order valence-electron chi connectivity index (χ1n) is 8.83. The normalized spacial score (nSPS) is 13.8. The van der Waals surface area contributed by atoms with Gasteiger partial charge in [-0.05, 0) is 38.7 Å². The van der Waals surface area contributed by atoms with Gasteiger partial charge in [0.15, 0.2) is 0 Å². The molecular formula is C21H31NO3. The fourth-order valence-electron chi connectivity index (χ4n) is 2.83. The Hall–Kier alpha value is -2.10. The van der Waals surface area contributed by atoms with Crippen LogP contribution in [0, 0.1) is 11.8 Å². The summed E-state index contributed by atoms with van der Waals surface area (Å²) in [4.78, 5) is 25.1. The molecule has 0 bridgehead atoms. The van der Waals surface area contributed by atoms with E-state index in [1.807, 2.05) is 65.0 Å². The molecule has 1 rings (SSSR count). The number of carbonyl (C=O) groups excluding carboxylic acids is 2.